The topological polar surface area (TPSA) is 57.8 Å². The van der Waals surface area contributed by atoms with Gasteiger partial charge in [0.2, 0.25) is 5.78 Å². The minimum absolute atomic E-state index is 0.122. The van der Waals surface area contributed by atoms with Crippen molar-refractivity contribution in [2.75, 3.05) is 13.1 Å². The van der Waals surface area contributed by atoms with Crippen LogP contribution in [0.3, 0.4) is 0 Å². The van der Waals surface area contributed by atoms with Crippen LogP contribution in [0, 0.1) is 5.92 Å². The van der Waals surface area contributed by atoms with E-state index in [4.69, 9.17) is 0 Å². The molecule has 0 atom stereocenters. The first-order valence-corrected chi connectivity index (χ1v) is 6.04. The second kappa shape index (κ2) is 4.30. The summed E-state index contributed by atoms with van der Waals surface area (Å²) in [4.78, 5) is 19.7. The van der Waals surface area contributed by atoms with Gasteiger partial charge in [0.05, 0.1) is 11.0 Å². The van der Waals surface area contributed by atoms with Crippen LogP contribution in [0.2, 0.25) is 0 Å². The van der Waals surface area contributed by atoms with Crippen molar-refractivity contribution in [1.29, 1.82) is 0 Å². The Bertz CT molecular complexity index is 507. The third-order valence-corrected chi connectivity index (χ3v) is 3.33. The lowest BCUT2D eigenvalue weighted by atomic mass is 9.93. The Morgan fingerprint density at radius 2 is 2.00 bits per heavy atom. The van der Waals surface area contributed by atoms with Crippen molar-refractivity contribution in [2.45, 2.75) is 12.8 Å². The first-order chi connectivity index (χ1) is 8.34. The van der Waals surface area contributed by atoms with Gasteiger partial charge in [-0.05, 0) is 38.1 Å². The minimum Gasteiger partial charge on any atom is -0.335 e. The molecule has 0 amide bonds. The number of aromatic nitrogens is 2. The quantitative estimate of drug-likeness (QED) is 0.771. The summed E-state index contributed by atoms with van der Waals surface area (Å²) in [7, 11) is 0. The molecule has 2 N–H and O–H groups in total. The summed E-state index contributed by atoms with van der Waals surface area (Å²) in [6, 6.07) is 7.74. The number of aromatic amines is 1. The maximum absolute atomic E-state index is 12.2. The molecule has 0 radical (unpaired) electrons. The second-order valence-electron chi connectivity index (χ2n) is 4.49. The van der Waals surface area contributed by atoms with E-state index in [-0.39, 0.29) is 11.7 Å². The number of H-pyrrole nitrogens is 1. The van der Waals surface area contributed by atoms with Crippen molar-refractivity contribution in [3.8, 4) is 0 Å². The molecule has 3 rings (SSSR count). The Balaban J connectivity index is 1.89. The average Bonchev–Trinajstić information content (AvgIpc) is 2.82. The lowest BCUT2D eigenvalue weighted by Crippen LogP contribution is -2.32. The minimum atomic E-state index is 0.122. The zero-order chi connectivity index (χ0) is 11.7. The van der Waals surface area contributed by atoms with Crippen LogP contribution in [0.15, 0.2) is 24.3 Å². The summed E-state index contributed by atoms with van der Waals surface area (Å²) in [6.45, 7) is 1.85. The van der Waals surface area contributed by atoms with Gasteiger partial charge in [0.25, 0.3) is 0 Å². The van der Waals surface area contributed by atoms with E-state index in [2.05, 4.69) is 15.3 Å². The molecule has 1 fully saturated rings. The van der Waals surface area contributed by atoms with Crippen LogP contribution >= 0.6 is 0 Å². The number of hydrogen-bond donors (Lipinski definition) is 2. The highest BCUT2D eigenvalue weighted by Crippen LogP contribution is 2.18. The van der Waals surface area contributed by atoms with Gasteiger partial charge in [0.15, 0.2) is 5.82 Å². The molecule has 2 aromatic rings. The van der Waals surface area contributed by atoms with Crippen LogP contribution in [0.5, 0.6) is 0 Å². The maximum atomic E-state index is 12.2. The predicted molar refractivity (Wildman–Crippen MR) is 66.0 cm³/mol. The Kier molecular flexibility index (Phi) is 2.65. The highest BCUT2D eigenvalue weighted by Gasteiger charge is 2.24. The molecule has 4 heteroatoms. The van der Waals surface area contributed by atoms with E-state index in [9.17, 15) is 4.79 Å². The maximum Gasteiger partial charge on any atom is 0.201 e. The number of nitrogens with one attached hydrogen (secondary N) is 2. The number of Topliss-reactive ketones (excluding diaryl/α,β-unsaturated/α-hetero) is 1. The SMILES string of the molecule is O=C(c1nc2ccccc2[nH]1)C1CCNCC1. The van der Waals surface area contributed by atoms with E-state index < -0.39 is 0 Å². The second-order valence-corrected chi connectivity index (χ2v) is 4.49. The van der Waals surface area contributed by atoms with Crippen LogP contribution in [0.4, 0.5) is 0 Å². The molecule has 1 saturated heterocycles. The zero-order valence-corrected chi connectivity index (χ0v) is 9.57. The number of hydrogen-bond acceptors (Lipinski definition) is 3. The van der Waals surface area contributed by atoms with Gasteiger partial charge in [-0.15, -0.1) is 0 Å². The molecule has 4 nitrogen and oxygen atoms in total. The number of rotatable bonds is 2. The molecular weight excluding hydrogens is 214 g/mol. The zero-order valence-electron chi connectivity index (χ0n) is 9.57. The van der Waals surface area contributed by atoms with Crippen molar-refractivity contribution in [2.24, 2.45) is 5.92 Å². The lowest BCUT2D eigenvalue weighted by molar-refractivity contribution is 0.0885. The van der Waals surface area contributed by atoms with Gasteiger partial charge in [0, 0.05) is 5.92 Å². The number of benzene rings is 1. The van der Waals surface area contributed by atoms with Gasteiger partial charge in [0.1, 0.15) is 0 Å². The van der Waals surface area contributed by atoms with Crippen LogP contribution in [0.25, 0.3) is 11.0 Å². The van der Waals surface area contributed by atoms with Crippen LogP contribution in [-0.4, -0.2) is 28.8 Å². The molecule has 88 valence electrons. The summed E-state index contributed by atoms with van der Waals surface area (Å²) < 4.78 is 0. The van der Waals surface area contributed by atoms with Gasteiger partial charge >= 0.3 is 0 Å². The summed E-state index contributed by atoms with van der Waals surface area (Å²) in [5.74, 6) is 0.789. The molecule has 1 aliphatic heterocycles. The Hall–Kier alpha value is -1.68. The van der Waals surface area contributed by atoms with Gasteiger partial charge < -0.3 is 10.3 Å². The number of fused-ring (bicyclic) bond motifs is 1. The molecule has 1 aromatic heterocycles. The number of piperidine rings is 1. The summed E-state index contributed by atoms with van der Waals surface area (Å²) in [6.07, 6.45) is 1.83. The van der Waals surface area contributed by atoms with Gasteiger partial charge in [-0.1, -0.05) is 12.1 Å². The van der Waals surface area contributed by atoms with Gasteiger partial charge in [-0.25, -0.2) is 4.98 Å². The van der Waals surface area contributed by atoms with Crippen LogP contribution < -0.4 is 5.32 Å². The van der Waals surface area contributed by atoms with E-state index in [1.807, 2.05) is 24.3 Å². The van der Waals surface area contributed by atoms with Crippen molar-refractivity contribution < 1.29 is 4.79 Å². The molecule has 1 aliphatic rings. The molecule has 0 aliphatic carbocycles. The first-order valence-electron chi connectivity index (χ1n) is 6.04. The van der Waals surface area contributed by atoms with Crippen molar-refractivity contribution in [1.82, 2.24) is 15.3 Å². The molecule has 0 saturated carbocycles. The number of nitrogens with zero attached hydrogens (tertiary/aromatic N) is 1. The van der Waals surface area contributed by atoms with E-state index in [1.54, 1.807) is 0 Å². The van der Waals surface area contributed by atoms with E-state index >= 15 is 0 Å². The van der Waals surface area contributed by atoms with Crippen molar-refractivity contribution in [3.05, 3.63) is 30.1 Å². The van der Waals surface area contributed by atoms with E-state index in [0.717, 1.165) is 37.0 Å². The molecule has 2 heterocycles. The summed E-state index contributed by atoms with van der Waals surface area (Å²) >= 11 is 0. The highest BCUT2D eigenvalue weighted by molar-refractivity contribution is 5.97. The Labute approximate surface area is 99.4 Å². The highest BCUT2D eigenvalue weighted by atomic mass is 16.1. The fourth-order valence-corrected chi connectivity index (χ4v) is 2.35. The number of carbonyl (C=O) groups is 1. The first kappa shape index (κ1) is 10.5. The number of carbonyl (C=O) groups excluding carboxylic acids is 1. The number of para-hydroxylation sites is 2. The smallest absolute Gasteiger partial charge is 0.201 e. The van der Waals surface area contributed by atoms with Crippen molar-refractivity contribution >= 4 is 16.8 Å². The summed E-state index contributed by atoms with van der Waals surface area (Å²) in [5.41, 5.74) is 1.80. The van der Waals surface area contributed by atoms with Gasteiger partial charge in [-0.2, -0.15) is 0 Å². The van der Waals surface area contributed by atoms with Crippen LogP contribution in [-0.2, 0) is 0 Å². The molecule has 1 aromatic carbocycles. The normalized spacial score (nSPS) is 17.4. The average molecular weight is 229 g/mol. The third-order valence-electron chi connectivity index (χ3n) is 3.33. The standard InChI is InChI=1S/C13H15N3O/c17-12(9-5-7-14-8-6-9)13-15-10-3-1-2-4-11(10)16-13/h1-4,9,14H,5-8H2,(H,15,16). The number of imidazole rings is 1. The number of ketones is 1. The Morgan fingerprint density at radius 3 is 2.76 bits per heavy atom. The molecule has 0 unspecified atom stereocenters. The molecule has 17 heavy (non-hydrogen) atoms. The largest absolute Gasteiger partial charge is 0.335 e. The monoisotopic (exact) mass is 229 g/mol. The van der Waals surface area contributed by atoms with Crippen molar-refractivity contribution in [3.63, 3.8) is 0 Å². The molecule has 0 bridgehead atoms. The third kappa shape index (κ3) is 1.96. The fourth-order valence-electron chi connectivity index (χ4n) is 2.35. The van der Waals surface area contributed by atoms with E-state index in [1.165, 1.54) is 0 Å². The summed E-state index contributed by atoms with van der Waals surface area (Å²) in [5, 5.41) is 3.26. The lowest BCUT2D eigenvalue weighted by Gasteiger charge is -2.20. The predicted octanol–water partition coefficient (Wildman–Crippen LogP) is 1.75. The Morgan fingerprint density at radius 1 is 1.24 bits per heavy atom. The van der Waals surface area contributed by atoms with E-state index in [0.29, 0.717) is 5.82 Å². The molecular formula is C13H15N3O. The fraction of sp³-hybridized carbons (Fsp3) is 0.385. The van der Waals surface area contributed by atoms with Crippen LogP contribution in [0.1, 0.15) is 23.5 Å². The molecule has 0 spiro atoms. The van der Waals surface area contributed by atoms with Gasteiger partial charge in [-0.3, -0.25) is 4.79 Å².